The van der Waals surface area contributed by atoms with E-state index < -0.39 is 0 Å². The zero-order chi connectivity index (χ0) is 15.1. The molecule has 112 valence electrons. The minimum Gasteiger partial charge on any atom is -0.393 e. The van der Waals surface area contributed by atoms with Gasteiger partial charge < -0.3 is 15.4 Å². The molecule has 1 aliphatic rings. The minimum atomic E-state index is -0.246. The first-order valence-electron chi connectivity index (χ1n) is 7.13. The third-order valence-electron chi connectivity index (χ3n) is 4.23. The van der Waals surface area contributed by atoms with E-state index >= 15 is 0 Å². The fraction of sp³-hybridized carbons (Fsp3) is 0.467. The number of hydrogen-bond donors (Lipinski definition) is 2. The normalized spacial score (nSPS) is 22.6. The van der Waals surface area contributed by atoms with E-state index in [0.29, 0.717) is 10.3 Å². The number of aryl methyl sites for hydroxylation is 1. The molecule has 5 nitrogen and oxygen atoms in total. The number of halogens is 1. The molecule has 0 saturated heterocycles. The van der Waals surface area contributed by atoms with Crippen molar-refractivity contribution in [3.63, 3.8) is 0 Å². The maximum Gasteiger partial charge on any atom is 0.265 e. The van der Waals surface area contributed by atoms with Crippen LogP contribution in [0.15, 0.2) is 21.4 Å². The Morgan fingerprint density at radius 3 is 2.67 bits per heavy atom. The lowest BCUT2D eigenvalue weighted by atomic mass is 9.92. The number of fused-ring (bicyclic) bond motifs is 1. The highest BCUT2D eigenvalue weighted by molar-refractivity contribution is 9.10. The summed E-state index contributed by atoms with van der Waals surface area (Å²) in [5, 5.41) is 10.6. The highest BCUT2D eigenvalue weighted by atomic mass is 79.9. The van der Waals surface area contributed by atoms with Crippen molar-refractivity contribution in [3.05, 3.63) is 32.7 Å². The molecule has 21 heavy (non-hydrogen) atoms. The first-order chi connectivity index (χ1) is 9.97. The Labute approximate surface area is 130 Å². The highest BCUT2D eigenvalue weighted by Gasteiger charge is 2.24. The summed E-state index contributed by atoms with van der Waals surface area (Å²) in [6, 6.07) is 3.68. The first-order valence-corrected chi connectivity index (χ1v) is 7.92. The van der Waals surface area contributed by atoms with Gasteiger partial charge in [0.05, 0.1) is 16.1 Å². The molecule has 1 saturated carbocycles. The Kier molecular flexibility index (Phi) is 3.75. The van der Waals surface area contributed by atoms with Crippen LogP contribution in [0.4, 0.5) is 5.82 Å². The van der Waals surface area contributed by atoms with E-state index in [9.17, 15) is 9.90 Å². The van der Waals surface area contributed by atoms with Crippen LogP contribution in [0.2, 0.25) is 0 Å². The van der Waals surface area contributed by atoms with Gasteiger partial charge in [-0.15, -0.1) is 0 Å². The molecule has 3 N–H and O–H groups in total. The summed E-state index contributed by atoms with van der Waals surface area (Å²) in [6.07, 6.45) is 2.81. The van der Waals surface area contributed by atoms with Gasteiger partial charge in [-0.2, -0.15) is 0 Å². The first kappa shape index (κ1) is 14.5. The average Bonchev–Trinajstić information content (AvgIpc) is 2.43. The van der Waals surface area contributed by atoms with Crippen molar-refractivity contribution in [2.75, 3.05) is 5.73 Å². The molecule has 0 spiro atoms. The molecule has 6 heteroatoms. The van der Waals surface area contributed by atoms with Gasteiger partial charge in [0.1, 0.15) is 5.82 Å². The lowest BCUT2D eigenvalue weighted by Gasteiger charge is -2.28. The minimum absolute atomic E-state index is 0.0473. The van der Waals surface area contributed by atoms with E-state index in [1.54, 1.807) is 6.07 Å². The van der Waals surface area contributed by atoms with Crippen molar-refractivity contribution < 1.29 is 5.11 Å². The molecule has 0 radical (unpaired) electrons. The molecule has 1 aliphatic carbocycles. The van der Waals surface area contributed by atoms with Crippen LogP contribution in [-0.2, 0) is 0 Å². The van der Waals surface area contributed by atoms with Gasteiger partial charge in [0.15, 0.2) is 0 Å². The molecular formula is C15H18BrN3O2. The number of hydrogen-bond acceptors (Lipinski definition) is 4. The van der Waals surface area contributed by atoms with Gasteiger partial charge in [-0.05, 0) is 54.6 Å². The monoisotopic (exact) mass is 351 g/mol. The zero-order valence-corrected chi connectivity index (χ0v) is 13.4. The standard InChI is InChI=1S/C15H18BrN3O2/c1-8-11-6-12(16)15(21)19(13(11)7-14(17)18-8)9-2-4-10(20)5-3-9/h6-7,9-10,20H,2-5H2,1H3,(H2,17,18). The average molecular weight is 352 g/mol. The van der Waals surface area contributed by atoms with E-state index in [1.807, 2.05) is 17.6 Å². The third-order valence-corrected chi connectivity index (χ3v) is 4.80. The number of aliphatic hydroxyl groups is 1. The van der Waals surface area contributed by atoms with Gasteiger partial charge in [-0.25, -0.2) is 4.98 Å². The van der Waals surface area contributed by atoms with Gasteiger partial charge in [-0.3, -0.25) is 4.79 Å². The number of pyridine rings is 2. The number of nitrogen functional groups attached to an aromatic ring is 1. The largest absolute Gasteiger partial charge is 0.393 e. The number of aromatic nitrogens is 2. The van der Waals surface area contributed by atoms with Gasteiger partial charge >= 0.3 is 0 Å². The van der Waals surface area contributed by atoms with Gasteiger partial charge in [-0.1, -0.05) is 0 Å². The van der Waals surface area contributed by atoms with Crippen LogP contribution in [0.25, 0.3) is 10.9 Å². The zero-order valence-electron chi connectivity index (χ0n) is 11.8. The van der Waals surface area contributed by atoms with Crippen LogP contribution in [0.1, 0.15) is 37.4 Å². The second kappa shape index (κ2) is 5.42. The van der Waals surface area contributed by atoms with Gasteiger partial charge in [0.25, 0.3) is 5.56 Å². The topological polar surface area (TPSA) is 81.1 Å². The van der Waals surface area contributed by atoms with E-state index in [2.05, 4.69) is 20.9 Å². The van der Waals surface area contributed by atoms with Crippen LogP contribution in [0, 0.1) is 6.92 Å². The maximum absolute atomic E-state index is 12.6. The Morgan fingerprint density at radius 2 is 2.00 bits per heavy atom. The highest BCUT2D eigenvalue weighted by Crippen LogP contribution is 2.31. The summed E-state index contributed by atoms with van der Waals surface area (Å²) in [7, 11) is 0. The molecule has 0 amide bonds. The molecule has 2 aromatic heterocycles. The summed E-state index contributed by atoms with van der Waals surface area (Å²) in [5.74, 6) is 0.423. The Hall–Kier alpha value is -1.40. The molecule has 2 aromatic rings. The van der Waals surface area contributed by atoms with Crippen LogP contribution < -0.4 is 11.3 Å². The Bertz CT molecular complexity index is 749. The SMILES string of the molecule is Cc1nc(N)cc2c1cc(Br)c(=O)n2C1CCC(O)CC1. The van der Waals surface area contributed by atoms with Crippen molar-refractivity contribution in [1.29, 1.82) is 0 Å². The van der Waals surface area contributed by atoms with Crippen molar-refractivity contribution in [2.24, 2.45) is 0 Å². The second-order valence-corrected chi connectivity index (χ2v) is 6.55. The molecule has 0 unspecified atom stereocenters. The van der Waals surface area contributed by atoms with E-state index in [1.165, 1.54) is 0 Å². The molecule has 2 heterocycles. The lowest BCUT2D eigenvalue weighted by molar-refractivity contribution is 0.111. The van der Waals surface area contributed by atoms with Gasteiger partial charge in [0, 0.05) is 23.2 Å². The number of aliphatic hydroxyl groups excluding tert-OH is 1. The second-order valence-electron chi connectivity index (χ2n) is 5.70. The van der Waals surface area contributed by atoms with Crippen molar-refractivity contribution in [2.45, 2.75) is 44.8 Å². The molecule has 1 fully saturated rings. The van der Waals surface area contributed by atoms with Crippen LogP contribution in [-0.4, -0.2) is 20.8 Å². The maximum atomic E-state index is 12.6. The number of anilines is 1. The predicted molar refractivity (Wildman–Crippen MR) is 86.4 cm³/mol. The fourth-order valence-electron chi connectivity index (χ4n) is 3.16. The number of rotatable bonds is 1. The molecule has 3 rings (SSSR count). The van der Waals surface area contributed by atoms with E-state index in [-0.39, 0.29) is 17.7 Å². The number of nitrogens with zero attached hydrogens (tertiary/aromatic N) is 2. The Morgan fingerprint density at radius 1 is 1.33 bits per heavy atom. The van der Waals surface area contributed by atoms with E-state index in [0.717, 1.165) is 42.3 Å². The summed E-state index contributed by atoms with van der Waals surface area (Å²) in [4.78, 5) is 16.9. The lowest BCUT2D eigenvalue weighted by Crippen LogP contribution is -2.30. The molecule has 0 aliphatic heterocycles. The van der Waals surface area contributed by atoms with Crippen molar-refractivity contribution in [1.82, 2.24) is 9.55 Å². The van der Waals surface area contributed by atoms with E-state index in [4.69, 9.17) is 5.73 Å². The summed E-state index contributed by atoms with van der Waals surface area (Å²) >= 11 is 3.36. The fourth-order valence-corrected chi connectivity index (χ4v) is 3.58. The summed E-state index contributed by atoms with van der Waals surface area (Å²) < 4.78 is 2.35. The molecule has 0 bridgehead atoms. The van der Waals surface area contributed by atoms with Gasteiger partial charge in [0.2, 0.25) is 0 Å². The Balaban J connectivity index is 2.24. The molecule has 0 aromatic carbocycles. The quantitative estimate of drug-likeness (QED) is 0.826. The predicted octanol–water partition coefficient (Wildman–Crippen LogP) is 2.53. The van der Waals surface area contributed by atoms with Crippen LogP contribution in [0.3, 0.4) is 0 Å². The molecular weight excluding hydrogens is 334 g/mol. The van der Waals surface area contributed by atoms with Crippen LogP contribution >= 0.6 is 15.9 Å². The summed E-state index contributed by atoms with van der Waals surface area (Å²) in [5.41, 5.74) is 7.45. The summed E-state index contributed by atoms with van der Waals surface area (Å²) in [6.45, 7) is 1.89. The van der Waals surface area contributed by atoms with Crippen molar-refractivity contribution in [3.8, 4) is 0 Å². The third kappa shape index (κ3) is 2.58. The van der Waals surface area contributed by atoms with Crippen LogP contribution in [0.5, 0.6) is 0 Å². The smallest absolute Gasteiger partial charge is 0.265 e. The number of nitrogens with two attached hydrogens (primary N) is 1. The molecule has 0 atom stereocenters. The van der Waals surface area contributed by atoms with Crippen molar-refractivity contribution >= 4 is 32.7 Å².